The molecule has 0 bridgehead atoms. The highest BCUT2D eigenvalue weighted by molar-refractivity contribution is 5.92. The number of amides is 1. The Morgan fingerprint density at radius 2 is 1.95 bits per heavy atom. The van der Waals surface area contributed by atoms with Gasteiger partial charge in [-0.1, -0.05) is 12.1 Å². The number of aliphatic imine (C=N–C) groups is 1. The molecule has 2 fully saturated rings. The van der Waals surface area contributed by atoms with Gasteiger partial charge in [-0.05, 0) is 49.8 Å². The smallest absolute Gasteiger partial charge is 0.333 e. The van der Waals surface area contributed by atoms with E-state index < -0.39 is 11.2 Å². The third-order valence-electron chi connectivity index (χ3n) is 7.18. The second-order valence-electron chi connectivity index (χ2n) is 10.1. The lowest BCUT2D eigenvalue weighted by atomic mass is 10.2. The molecule has 1 saturated carbocycles. The van der Waals surface area contributed by atoms with Crippen molar-refractivity contribution in [1.29, 1.82) is 5.26 Å². The van der Waals surface area contributed by atoms with Crippen molar-refractivity contribution in [2.24, 2.45) is 23.9 Å². The van der Waals surface area contributed by atoms with Crippen molar-refractivity contribution in [2.45, 2.75) is 33.2 Å². The molecule has 1 saturated heterocycles. The van der Waals surface area contributed by atoms with Crippen molar-refractivity contribution < 1.29 is 4.79 Å². The Morgan fingerprint density at radius 1 is 1.23 bits per heavy atom. The van der Waals surface area contributed by atoms with Gasteiger partial charge in [0.1, 0.15) is 18.2 Å². The number of aromatic nitrogens is 5. The molecule has 5 rings (SSSR count). The van der Waals surface area contributed by atoms with E-state index >= 15 is 0 Å². The normalized spacial score (nSPS) is 18.1. The van der Waals surface area contributed by atoms with Gasteiger partial charge in [0.2, 0.25) is 11.9 Å². The number of nitriles is 1. The van der Waals surface area contributed by atoms with Crippen LogP contribution in [0.25, 0.3) is 11.3 Å². The largest absolute Gasteiger partial charge is 0.340 e. The van der Waals surface area contributed by atoms with Crippen LogP contribution < -0.4 is 21.5 Å². The fourth-order valence-electron chi connectivity index (χ4n) is 4.81. The molecule has 0 aromatic carbocycles. The molecule has 12 heteroatoms. The van der Waals surface area contributed by atoms with E-state index in [4.69, 9.17) is 5.26 Å². The first-order chi connectivity index (χ1) is 19.2. The number of hydrogen-bond acceptors (Lipinski definition) is 9. The monoisotopic (exact) mass is 539 g/mol. The predicted molar refractivity (Wildman–Crippen MR) is 151 cm³/mol. The number of carbonyl (C=O) groups is 1. The molecule has 1 aliphatic heterocycles. The van der Waals surface area contributed by atoms with Crippen LogP contribution in [0.5, 0.6) is 0 Å². The summed E-state index contributed by atoms with van der Waals surface area (Å²) in [5, 5.41) is 11.7. The first kappa shape index (κ1) is 26.7. The maximum Gasteiger partial charge on any atom is 0.333 e. The van der Waals surface area contributed by atoms with E-state index in [1.807, 2.05) is 18.2 Å². The van der Waals surface area contributed by atoms with Crippen LogP contribution in [0.4, 0.5) is 17.6 Å². The maximum absolute atomic E-state index is 12.6. The van der Waals surface area contributed by atoms with Gasteiger partial charge in [0.15, 0.2) is 0 Å². The number of nitrogens with zero attached hydrogens (tertiary/aromatic N) is 8. The summed E-state index contributed by atoms with van der Waals surface area (Å²) in [4.78, 5) is 57.5. The van der Waals surface area contributed by atoms with E-state index in [9.17, 15) is 14.4 Å². The van der Waals surface area contributed by atoms with Crippen molar-refractivity contribution in [2.75, 3.05) is 23.3 Å². The van der Waals surface area contributed by atoms with E-state index in [1.54, 1.807) is 38.4 Å². The average Bonchev–Trinajstić information content (AvgIpc) is 3.57. The molecule has 12 nitrogen and oxygen atoms in total. The Morgan fingerprint density at radius 3 is 2.65 bits per heavy atom. The first-order valence-corrected chi connectivity index (χ1v) is 13.0. The summed E-state index contributed by atoms with van der Waals surface area (Å²) in [5.74, 6) is 2.68. The maximum atomic E-state index is 12.6. The summed E-state index contributed by atoms with van der Waals surface area (Å²) in [6, 6.07) is 7.17. The standard InChI is InChI=1S/C28H29N9O3/c1-17(12-30-25-18(2)26(39)37(10-9-29)28(40)35(25)3)7-8-24(38)34-23-6-4-5-22(33-23)21-13-31-27(32-14-21)36-15-19-11-20(19)16-36/h4-7,12-14,19-20H,8,10-11,15-16H2,1-3H3,(H,33,34,38)/b17-7-,30-12?. The minimum absolute atomic E-state index is 0.0705. The molecule has 1 amide bonds. The number of pyridine rings is 1. The lowest BCUT2D eigenvalue weighted by Gasteiger charge is -2.17. The van der Waals surface area contributed by atoms with E-state index in [0.717, 1.165) is 41.0 Å². The Bertz CT molecular complexity index is 1630. The molecule has 2 unspecified atom stereocenters. The summed E-state index contributed by atoms with van der Waals surface area (Å²) in [6.45, 7) is 5.03. The molecule has 0 spiro atoms. The first-order valence-electron chi connectivity index (χ1n) is 13.0. The third kappa shape index (κ3) is 5.58. The Hall–Kier alpha value is -4.92. The van der Waals surface area contributed by atoms with Crippen molar-refractivity contribution >= 4 is 29.7 Å². The van der Waals surface area contributed by atoms with Gasteiger partial charge in [0.05, 0.1) is 17.3 Å². The number of hydrogen-bond donors (Lipinski definition) is 1. The molecule has 3 aromatic heterocycles. The number of piperidine rings is 1. The molecular weight excluding hydrogens is 510 g/mol. The molecule has 3 aromatic rings. The zero-order valence-electron chi connectivity index (χ0n) is 22.5. The fourth-order valence-corrected chi connectivity index (χ4v) is 4.81. The second-order valence-corrected chi connectivity index (χ2v) is 10.1. The number of fused-ring (bicyclic) bond motifs is 1. The fraction of sp³-hybridized carbons (Fsp3) is 0.357. The average molecular weight is 540 g/mol. The van der Waals surface area contributed by atoms with E-state index in [-0.39, 0.29) is 30.3 Å². The summed E-state index contributed by atoms with van der Waals surface area (Å²) >= 11 is 0. The van der Waals surface area contributed by atoms with Gasteiger partial charge in [-0.15, -0.1) is 0 Å². The molecule has 204 valence electrons. The van der Waals surface area contributed by atoms with Gasteiger partial charge in [0, 0.05) is 50.7 Å². The van der Waals surface area contributed by atoms with Gasteiger partial charge in [-0.25, -0.2) is 29.3 Å². The second kappa shape index (κ2) is 11.1. The van der Waals surface area contributed by atoms with E-state index in [1.165, 1.54) is 24.3 Å². The highest BCUT2D eigenvalue weighted by Crippen LogP contribution is 2.45. The number of rotatable bonds is 8. The summed E-state index contributed by atoms with van der Waals surface area (Å²) in [7, 11) is 1.49. The Kier molecular flexibility index (Phi) is 7.37. The van der Waals surface area contributed by atoms with E-state index in [0.29, 0.717) is 17.1 Å². The Balaban J connectivity index is 1.21. The molecule has 0 radical (unpaired) electrons. The Labute approximate surface area is 230 Å². The molecular formula is C28H29N9O3. The minimum atomic E-state index is -0.620. The van der Waals surface area contributed by atoms with Crippen molar-refractivity contribution in [3.8, 4) is 17.3 Å². The molecule has 4 heterocycles. The summed E-state index contributed by atoms with van der Waals surface area (Å²) in [6.07, 6.45) is 8.08. The van der Waals surface area contributed by atoms with Crippen molar-refractivity contribution in [3.05, 3.63) is 68.6 Å². The molecule has 1 aliphatic carbocycles. The number of allylic oxidation sites excluding steroid dienone is 1. The zero-order chi connectivity index (χ0) is 28.4. The van der Waals surface area contributed by atoms with E-state index in [2.05, 4.69) is 30.2 Å². The molecule has 2 atom stereocenters. The number of nitrogens with one attached hydrogen (secondary N) is 1. The van der Waals surface area contributed by atoms with Crippen LogP contribution in [-0.2, 0) is 18.4 Å². The van der Waals surface area contributed by atoms with Crippen LogP contribution >= 0.6 is 0 Å². The lowest BCUT2D eigenvalue weighted by molar-refractivity contribution is -0.115. The van der Waals surface area contributed by atoms with Crippen molar-refractivity contribution in [3.63, 3.8) is 0 Å². The van der Waals surface area contributed by atoms with Gasteiger partial charge < -0.3 is 10.2 Å². The number of anilines is 2. The zero-order valence-corrected chi connectivity index (χ0v) is 22.5. The minimum Gasteiger partial charge on any atom is -0.340 e. The molecule has 40 heavy (non-hydrogen) atoms. The van der Waals surface area contributed by atoms with Crippen LogP contribution in [0.2, 0.25) is 0 Å². The summed E-state index contributed by atoms with van der Waals surface area (Å²) < 4.78 is 2.08. The van der Waals surface area contributed by atoms with Gasteiger partial charge in [-0.3, -0.25) is 14.2 Å². The highest BCUT2D eigenvalue weighted by atomic mass is 16.2. The van der Waals surface area contributed by atoms with Gasteiger partial charge in [0.25, 0.3) is 5.56 Å². The molecule has 2 aliphatic rings. The van der Waals surface area contributed by atoms with Crippen LogP contribution in [0.15, 0.2) is 56.8 Å². The van der Waals surface area contributed by atoms with Crippen molar-refractivity contribution in [1.82, 2.24) is 24.1 Å². The van der Waals surface area contributed by atoms with Gasteiger partial charge >= 0.3 is 5.69 Å². The van der Waals surface area contributed by atoms with Crippen LogP contribution in [0.1, 0.15) is 25.3 Å². The van der Waals surface area contributed by atoms with Crippen LogP contribution in [0, 0.1) is 30.1 Å². The topological polar surface area (TPSA) is 151 Å². The SMILES string of the molecule is C/C(C=Nc1c(C)c(=O)n(CC#N)c(=O)n1C)=C/CC(=O)Nc1cccc(-c2cnc(N3CC4CC4C3)nc2)n1. The van der Waals surface area contributed by atoms with Crippen LogP contribution in [0.3, 0.4) is 0 Å². The molecule has 1 N–H and O–H groups in total. The van der Waals surface area contributed by atoms with Crippen LogP contribution in [-0.4, -0.2) is 49.3 Å². The quantitative estimate of drug-likeness (QED) is 0.429. The third-order valence-corrected chi connectivity index (χ3v) is 7.18. The highest BCUT2D eigenvalue weighted by Gasteiger charge is 2.45. The van der Waals surface area contributed by atoms with Gasteiger partial charge in [-0.2, -0.15) is 5.26 Å². The summed E-state index contributed by atoms with van der Waals surface area (Å²) in [5.41, 5.74) is 1.16. The number of carbonyl (C=O) groups excluding carboxylic acids is 1. The predicted octanol–water partition coefficient (Wildman–Crippen LogP) is 2.36. The lowest BCUT2D eigenvalue weighted by Crippen LogP contribution is -2.39.